The Morgan fingerprint density at radius 3 is 2.61 bits per heavy atom. The first-order valence-electron chi connectivity index (χ1n) is 14.4. The fourth-order valence-electron chi connectivity index (χ4n) is 7.83. The molecule has 1 spiro atoms. The lowest BCUT2D eigenvalue weighted by atomic mass is 9.74. The summed E-state index contributed by atoms with van der Waals surface area (Å²) in [6, 6.07) is 6.28. The number of hydrogen-bond donors (Lipinski definition) is 2. The van der Waals surface area contributed by atoms with Crippen molar-refractivity contribution in [2.75, 3.05) is 5.32 Å². The number of benzene rings is 1. The van der Waals surface area contributed by atoms with Crippen molar-refractivity contribution in [2.45, 2.75) is 95.0 Å². The molecule has 6 rings (SSSR count). The maximum absolute atomic E-state index is 14.4. The van der Waals surface area contributed by atoms with Gasteiger partial charge in [-0.15, -0.1) is 0 Å². The Morgan fingerprint density at radius 2 is 1.84 bits per heavy atom. The molecule has 0 aromatic heterocycles. The van der Waals surface area contributed by atoms with Gasteiger partial charge in [0.1, 0.15) is 11.6 Å². The van der Waals surface area contributed by atoms with Crippen LogP contribution in [-0.2, 0) is 19.1 Å². The Hall–Kier alpha value is -2.38. The van der Waals surface area contributed by atoms with E-state index in [0.29, 0.717) is 16.6 Å². The fourth-order valence-corrected chi connectivity index (χ4v) is 8.02. The van der Waals surface area contributed by atoms with E-state index < -0.39 is 29.6 Å². The zero-order valence-corrected chi connectivity index (χ0v) is 23.0. The largest absolute Gasteiger partial charge is 0.359 e. The number of hydrogen-bond acceptors (Lipinski definition) is 4. The number of fused-ring (bicyclic) bond motifs is 1. The number of anilines is 1. The highest BCUT2D eigenvalue weighted by Crippen LogP contribution is 2.56. The van der Waals surface area contributed by atoms with Gasteiger partial charge in [0.2, 0.25) is 17.7 Å². The van der Waals surface area contributed by atoms with Crippen LogP contribution in [0.15, 0.2) is 36.4 Å². The standard InChI is InChI=1S/C30H38ClN3O4/c1-17-8-6-13-22(18(17)2)34-26(28(36)32-20-10-4-3-5-11-20)30-15-14-23(38-30)24(25(30)29(34)37)27(35)33-21-12-7-9-19(31)16-21/h7,9,12,14-18,20,22-26H,3-6,8,10-11,13H2,1-2H3,(H,32,36)(H,33,35)/t17-,18+,22+,23+,24-,25+,26-,30+/m1/s1. The minimum atomic E-state index is -1.13. The average Bonchev–Trinajstić information content (AvgIpc) is 3.54. The maximum atomic E-state index is 14.4. The summed E-state index contributed by atoms with van der Waals surface area (Å²) < 4.78 is 6.53. The molecule has 0 radical (unpaired) electrons. The van der Waals surface area contributed by atoms with Crippen LogP contribution in [0.3, 0.4) is 0 Å². The zero-order valence-electron chi connectivity index (χ0n) is 22.2. The lowest BCUT2D eigenvalue weighted by molar-refractivity contribution is -0.146. The molecule has 2 bridgehead atoms. The summed E-state index contributed by atoms with van der Waals surface area (Å²) in [4.78, 5) is 44.0. The van der Waals surface area contributed by atoms with Gasteiger partial charge in [-0.3, -0.25) is 14.4 Å². The molecule has 5 aliphatic rings. The average molecular weight is 540 g/mol. The molecule has 7 nitrogen and oxygen atoms in total. The maximum Gasteiger partial charge on any atom is 0.246 e. The second-order valence-corrected chi connectivity index (χ2v) is 12.6. The number of likely N-dealkylation sites (tertiary alicyclic amines) is 1. The van der Waals surface area contributed by atoms with Crippen molar-refractivity contribution in [2.24, 2.45) is 23.7 Å². The molecule has 3 amide bonds. The lowest BCUT2D eigenvalue weighted by Gasteiger charge is -2.44. The van der Waals surface area contributed by atoms with Crippen LogP contribution in [0, 0.1) is 23.7 Å². The summed E-state index contributed by atoms with van der Waals surface area (Å²) in [5.74, 6) is -1.28. The van der Waals surface area contributed by atoms with E-state index in [1.54, 1.807) is 24.3 Å². The molecule has 2 saturated heterocycles. The van der Waals surface area contributed by atoms with Crippen LogP contribution in [-0.4, -0.2) is 52.5 Å². The predicted octanol–water partition coefficient (Wildman–Crippen LogP) is 4.70. The van der Waals surface area contributed by atoms with E-state index in [-0.39, 0.29) is 35.7 Å². The third kappa shape index (κ3) is 4.17. The van der Waals surface area contributed by atoms with Gasteiger partial charge in [0.15, 0.2) is 0 Å². The van der Waals surface area contributed by atoms with Crippen molar-refractivity contribution in [3.8, 4) is 0 Å². The molecule has 3 aliphatic heterocycles. The van der Waals surface area contributed by atoms with Crippen molar-refractivity contribution in [3.63, 3.8) is 0 Å². The van der Waals surface area contributed by atoms with Crippen LogP contribution in [0.5, 0.6) is 0 Å². The Morgan fingerprint density at radius 1 is 1.05 bits per heavy atom. The molecule has 1 aromatic carbocycles. The van der Waals surface area contributed by atoms with Crippen LogP contribution in [0.1, 0.15) is 65.2 Å². The zero-order chi connectivity index (χ0) is 26.6. The monoisotopic (exact) mass is 539 g/mol. The third-order valence-electron chi connectivity index (χ3n) is 9.93. The predicted molar refractivity (Wildman–Crippen MR) is 145 cm³/mol. The number of rotatable bonds is 5. The number of carbonyl (C=O) groups is 3. The molecular formula is C30H38ClN3O4. The Labute approximate surface area is 229 Å². The molecule has 8 atom stereocenters. The Bertz CT molecular complexity index is 1150. The van der Waals surface area contributed by atoms with Crippen LogP contribution in [0.25, 0.3) is 0 Å². The Kier molecular flexibility index (Phi) is 6.79. The van der Waals surface area contributed by atoms with E-state index in [2.05, 4.69) is 24.5 Å². The van der Waals surface area contributed by atoms with E-state index >= 15 is 0 Å². The molecular weight excluding hydrogens is 502 g/mol. The highest BCUT2D eigenvalue weighted by atomic mass is 35.5. The Balaban J connectivity index is 1.34. The van der Waals surface area contributed by atoms with Gasteiger partial charge in [0.05, 0.1) is 17.9 Å². The van der Waals surface area contributed by atoms with Gasteiger partial charge < -0.3 is 20.3 Å². The summed E-state index contributed by atoms with van der Waals surface area (Å²) in [5, 5.41) is 6.77. The summed E-state index contributed by atoms with van der Waals surface area (Å²) in [5.41, 5.74) is -0.552. The van der Waals surface area contributed by atoms with Crippen LogP contribution < -0.4 is 10.6 Å². The van der Waals surface area contributed by atoms with Crippen LogP contribution in [0.4, 0.5) is 5.69 Å². The fraction of sp³-hybridized carbons (Fsp3) is 0.633. The molecule has 0 unspecified atom stereocenters. The first-order chi connectivity index (χ1) is 18.3. The number of nitrogens with one attached hydrogen (secondary N) is 2. The highest BCUT2D eigenvalue weighted by Gasteiger charge is 2.73. The SMILES string of the molecule is C[C@H]1[C@H](C)CCC[C@@H]1N1C(=O)[C@@H]2[C@H](C(=O)Nc3cccc(Cl)c3)[C@@H]3C=C[C@@]2(O3)[C@H]1C(=O)NC1CCCCC1. The lowest BCUT2D eigenvalue weighted by Crippen LogP contribution is -2.60. The number of nitrogens with zero attached hydrogens (tertiary/aromatic N) is 1. The van der Waals surface area contributed by atoms with Gasteiger partial charge >= 0.3 is 0 Å². The molecule has 4 fully saturated rings. The van der Waals surface area contributed by atoms with Crippen LogP contribution in [0.2, 0.25) is 5.02 Å². The second kappa shape index (κ2) is 9.98. The summed E-state index contributed by atoms with van der Waals surface area (Å²) in [6.07, 6.45) is 11.6. The minimum absolute atomic E-state index is 0.0546. The minimum Gasteiger partial charge on any atom is -0.359 e. The third-order valence-corrected chi connectivity index (χ3v) is 10.2. The summed E-state index contributed by atoms with van der Waals surface area (Å²) >= 11 is 6.13. The van der Waals surface area contributed by atoms with E-state index in [0.717, 1.165) is 44.9 Å². The van der Waals surface area contributed by atoms with E-state index in [4.69, 9.17) is 16.3 Å². The molecule has 2 aliphatic carbocycles. The van der Waals surface area contributed by atoms with E-state index in [1.165, 1.54) is 6.42 Å². The quantitative estimate of drug-likeness (QED) is 0.531. The highest BCUT2D eigenvalue weighted by molar-refractivity contribution is 6.30. The molecule has 2 N–H and O–H groups in total. The van der Waals surface area contributed by atoms with Crippen LogP contribution >= 0.6 is 11.6 Å². The van der Waals surface area contributed by atoms with Crippen molar-refractivity contribution < 1.29 is 19.1 Å². The van der Waals surface area contributed by atoms with Crippen molar-refractivity contribution in [1.29, 1.82) is 0 Å². The van der Waals surface area contributed by atoms with Gasteiger partial charge in [-0.05, 0) is 49.3 Å². The second-order valence-electron chi connectivity index (χ2n) is 12.1. The molecule has 204 valence electrons. The van der Waals surface area contributed by atoms with Gasteiger partial charge in [-0.25, -0.2) is 0 Å². The van der Waals surface area contributed by atoms with Gasteiger partial charge in [0, 0.05) is 22.8 Å². The topological polar surface area (TPSA) is 87.7 Å². The molecule has 3 heterocycles. The van der Waals surface area contributed by atoms with Crippen molar-refractivity contribution in [1.82, 2.24) is 10.2 Å². The molecule has 1 aromatic rings. The number of halogens is 1. The van der Waals surface area contributed by atoms with Crippen molar-refractivity contribution in [3.05, 3.63) is 41.4 Å². The van der Waals surface area contributed by atoms with E-state index in [9.17, 15) is 14.4 Å². The van der Waals surface area contributed by atoms with E-state index in [1.807, 2.05) is 17.1 Å². The molecule has 2 saturated carbocycles. The smallest absolute Gasteiger partial charge is 0.246 e. The van der Waals surface area contributed by atoms with Gasteiger partial charge in [0.25, 0.3) is 0 Å². The number of carbonyl (C=O) groups excluding carboxylic acids is 3. The summed E-state index contributed by atoms with van der Waals surface area (Å²) in [6.45, 7) is 4.43. The summed E-state index contributed by atoms with van der Waals surface area (Å²) in [7, 11) is 0. The van der Waals surface area contributed by atoms with Gasteiger partial charge in [-0.1, -0.05) is 75.8 Å². The molecule has 8 heteroatoms. The number of ether oxygens (including phenoxy) is 1. The number of amides is 3. The normalized spacial score (nSPS) is 38.3. The van der Waals surface area contributed by atoms with Gasteiger partial charge in [-0.2, -0.15) is 0 Å². The molecule has 38 heavy (non-hydrogen) atoms. The first kappa shape index (κ1) is 25.9. The first-order valence-corrected chi connectivity index (χ1v) is 14.7. The van der Waals surface area contributed by atoms with Crippen molar-refractivity contribution >= 4 is 35.0 Å².